The Hall–Kier alpha value is 0. The normalized spacial score (nSPS) is 46.3. The average Bonchev–Trinajstić information content (AvgIpc) is 2.01. The highest BCUT2D eigenvalue weighted by Gasteiger charge is 2.55. The lowest BCUT2D eigenvalue weighted by atomic mass is 10.0. The Morgan fingerprint density at radius 3 is 2.11 bits per heavy atom. The molecule has 2 aliphatic carbocycles. The van der Waals surface area contributed by atoms with Crippen molar-refractivity contribution in [1.29, 1.82) is 0 Å². The predicted molar refractivity (Wildman–Crippen MR) is 39.2 cm³/mol. The summed E-state index contributed by atoms with van der Waals surface area (Å²) in [5.41, 5.74) is 0. The van der Waals surface area contributed by atoms with Crippen LogP contribution in [0.1, 0.15) is 33.1 Å². The fraction of sp³-hybridized carbons (Fsp3) is 1.00. The van der Waals surface area contributed by atoms with Gasteiger partial charge in [-0.1, -0.05) is 13.8 Å². The molecule has 52 valence electrons. The second-order valence-corrected chi connectivity index (χ2v) is 4.20. The lowest BCUT2D eigenvalue weighted by Gasteiger charge is -2.04. The van der Waals surface area contributed by atoms with Gasteiger partial charge in [0.1, 0.15) is 0 Å². The van der Waals surface area contributed by atoms with Crippen LogP contribution in [-0.4, -0.2) is 0 Å². The van der Waals surface area contributed by atoms with Gasteiger partial charge in [-0.2, -0.15) is 0 Å². The minimum absolute atomic E-state index is 0.945. The highest BCUT2D eigenvalue weighted by atomic mass is 14.6. The zero-order valence-electron chi connectivity index (χ0n) is 6.43. The van der Waals surface area contributed by atoms with E-state index in [4.69, 9.17) is 0 Å². The largest absolute Gasteiger partial charge is 0.0628 e. The van der Waals surface area contributed by atoms with Crippen molar-refractivity contribution in [2.45, 2.75) is 33.1 Å². The van der Waals surface area contributed by atoms with Crippen LogP contribution in [0.3, 0.4) is 0 Å². The van der Waals surface area contributed by atoms with E-state index in [0.717, 1.165) is 5.92 Å². The summed E-state index contributed by atoms with van der Waals surface area (Å²) < 4.78 is 0. The number of fused-ring (bicyclic) bond motifs is 1. The molecule has 2 unspecified atom stereocenters. The molecule has 0 nitrogen and oxygen atoms in total. The predicted octanol–water partition coefficient (Wildman–Crippen LogP) is 2.69. The Morgan fingerprint density at radius 2 is 1.78 bits per heavy atom. The molecule has 2 saturated carbocycles. The van der Waals surface area contributed by atoms with Crippen LogP contribution >= 0.6 is 0 Å². The van der Waals surface area contributed by atoms with E-state index in [2.05, 4.69) is 13.8 Å². The van der Waals surface area contributed by atoms with Crippen LogP contribution in [0, 0.1) is 23.7 Å². The monoisotopic (exact) mass is 124 g/mol. The van der Waals surface area contributed by atoms with E-state index < -0.39 is 0 Å². The van der Waals surface area contributed by atoms with E-state index in [1.54, 1.807) is 12.8 Å². The van der Waals surface area contributed by atoms with Crippen LogP contribution in [0.2, 0.25) is 0 Å². The molecule has 0 aromatic rings. The molecule has 2 rings (SSSR count). The van der Waals surface area contributed by atoms with E-state index >= 15 is 0 Å². The summed E-state index contributed by atoms with van der Waals surface area (Å²) in [5, 5.41) is 0. The van der Waals surface area contributed by atoms with Crippen LogP contribution in [-0.2, 0) is 0 Å². The molecule has 9 heavy (non-hydrogen) atoms. The maximum Gasteiger partial charge on any atom is -0.0349 e. The molecule has 0 N–H and O–H groups in total. The van der Waals surface area contributed by atoms with Crippen LogP contribution in [0.25, 0.3) is 0 Å². The first-order chi connectivity index (χ1) is 4.29. The maximum absolute atomic E-state index is 2.35. The van der Waals surface area contributed by atoms with Crippen molar-refractivity contribution in [2.75, 3.05) is 0 Å². The molecule has 0 saturated heterocycles. The van der Waals surface area contributed by atoms with Crippen molar-refractivity contribution in [3.8, 4) is 0 Å². The Balaban J connectivity index is 1.77. The quantitative estimate of drug-likeness (QED) is 0.531. The van der Waals surface area contributed by atoms with Crippen molar-refractivity contribution in [3.05, 3.63) is 0 Å². The third-order valence-electron chi connectivity index (χ3n) is 3.09. The minimum Gasteiger partial charge on any atom is -0.0628 e. The molecule has 0 bridgehead atoms. The molecule has 0 heterocycles. The van der Waals surface area contributed by atoms with Crippen molar-refractivity contribution < 1.29 is 0 Å². The van der Waals surface area contributed by atoms with E-state index in [0.29, 0.717) is 0 Å². The molecule has 2 fully saturated rings. The van der Waals surface area contributed by atoms with Gasteiger partial charge in [0.25, 0.3) is 0 Å². The fourth-order valence-electron chi connectivity index (χ4n) is 2.40. The summed E-state index contributed by atoms with van der Waals surface area (Å²) in [4.78, 5) is 0. The lowest BCUT2D eigenvalue weighted by molar-refractivity contribution is 0.468. The standard InChI is InChI=1S/C9H16/c1-6(2)5-9-7-3-4-8(7)9/h6-9H,3-5H2,1-2H3. The molecule has 2 aliphatic rings. The van der Waals surface area contributed by atoms with Gasteiger partial charge in [-0.15, -0.1) is 0 Å². The van der Waals surface area contributed by atoms with Gasteiger partial charge in [0.2, 0.25) is 0 Å². The van der Waals surface area contributed by atoms with Gasteiger partial charge in [-0.3, -0.25) is 0 Å². The van der Waals surface area contributed by atoms with Crippen molar-refractivity contribution >= 4 is 0 Å². The van der Waals surface area contributed by atoms with Crippen molar-refractivity contribution in [1.82, 2.24) is 0 Å². The summed E-state index contributed by atoms with van der Waals surface area (Å²) in [6.45, 7) is 4.69. The highest BCUT2D eigenvalue weighted by Crippen LogP contribution is 2.63. The molecule has 0 heteroatoms. The van der Waals surface area contributed by atoms with E-state index in [-0.39, 0.29) is 0 Å². The summed E-state index contributed by atoms with van der Waals surface area (Å²) in [6, 6.07) is 0. The third kappa shape index (κ3) is 0.798. The fourth-order valence-corrected chi connectivity index (χ4v) is 2.40. The molecule has 0 amide bonds. The maximum atomic E-state index is 2.35. The number of hydrogen-bond acceptors (Lipinski definition) is 0. The van der Waals surface area contributed by atoms with Gasteiger partial charge in [0, 0.05) is 0 Å². The first-order valence-electron chi connectivity index (χ1n) is 4.29. The summed E-state index contributed by atoms with van der Waals surface area (Å²) in [6.07, 6.45) is 4.62. The summed E-state index contributed by atoms with van der Waals surface area (Å²) in [7, 11) is 0. The Bertz CT molecular complexity index is 105. The smallest absolute Gasteiger partial charge is 0.0349 e. The van der Waals surface area contributed by atoms with E-state index in [9.17, 15) is 0 Å². The Morgan fingerprint density at radius 1 is 1.22 bits per heavy atom. The Kier molecular flexibility index (Phi) is 1.12. The van der Waals surface area contributed by atoms with Crippen LogP contribution in [0.4, 0.5) is 0 Å². The number of rotatable bonds is 2. The highest BCUT2D eigenvalue weighted by molar-refractivity contribution is 5.04. The van der Waals surface area contributed by atoms with Gasteiger partial charge in [-0.25, -0.2) is 0 Å². The minimum atomic E-state index is 0.945. The third-order valence-corrected chi connectivity index (χ3v) is 3.09. The first-order valence-corrected chi connectivity index (χ1v) is 4.29. The first kappa shape index (κ1) is 5.76. The van der Waals surface area contributed by atoms with Crippen molar-refractivity contribution in [3.63, 3.8) is 0 Å². The second kappa shape index (κ2) is 1.74. The molecular weight excluding hydrogens is 108 g/mol. The molecule has 0 spiro atoms. The second-order valence-electron chi connectivity index (χ2n) is 4.20. The lowest BCUT2D eigenvalue weighted by Crippen LogP contribution is -1.93. The molecule has 0 aliphatic heterocycles. The zero-order valence-corrected chi connectivity index (χ0v) is 6.43. The van der Waals surface area contributed by atoms with E-state index in [1.807, 2.05) is 0 Å². The van der Waals surface area contributed by atoms with Crippen molar-refractivity contribution in [2.24, 2.45) is 23.7 Å². The summed E-state index contributed by atoms with van der Waals surface area (Å²) >= 11 is 0. The van der Waals surface area contributed by atoms with Crippen LogP contribution < -0.4 is 0 Å². The van der Waals surface area contributed by atoms with Crippen LogP contribution in [0.15, 0.2) is 0 Å². The number of hydrogen-bond donors (Lipinski definition) is 0. The topological polar surface area (TPSA) is 0 Å². The summed E-state index contributed by atoms with van der Waals surface area (Å²) in [5.74, 6) is 4.52. The van der Waals surface area contributed by atoms with Crippen LogP contribution in [0.5, 0.6) is 0 Å². The van der Waals surface area contributed by atoms with Gasteiger partial charge in [0.15, 0.2) is 0 Å². The van der Waals surface area contributed by atoms with Gasteiger partial charge >= 0.3 is 0 Å². The molecule has 0 radical (unpaired) electrons. The molecule has 2 atom stereocenters. The van der Waals surface area contributed by atoms with Gasteiger partial charge in [0.05, 0.1) is 0 Å². The zero-order chi connectivity index (χ0) is 6.43. The van der Waals surface area contributed by atoms with Gasteiger partial charge in [-0.05, 0) is 42.9 Å². The average molecular weight is 124 g/mol. The molecule has 0 aromatic heterocycles. The Labute approximate surface area is 57.6 Å². The molecule has 0 aromatic carbocycles. The SMILES string of the molecule is CC(C)CC1C2CCC21. The van der Waals surface area contributed by atoms with E-state index in [1.165, 1.54) is 24.2 Å². The molecular formula is C9H16. The van der Waals surface area contributed by atoms with Gasteiger partial charge < -0.3 is 0 Å².